The highest BCUT2D eigenvalue weighted by molar-refractivity contribution is 6.30. The SMILES string of the molecule is CC(C)c1cc(Cl)c(F)c(C(CN)C(=O)O)c1. The number of carboxylic acids is 1. The molecule has 17 heavy (non-hydrogen) atoms. The van der Waals surface area contributed by atoms with Crippen LogP contribution in [0.4, 0.5) is 4.39 Å². The summed E-state index contributed by atoms with van der Waals surface area (Å²) in [7, 11) is 0. The largest absolute Gasteiger partial charge is 0.481 e. The Morgan fingerprint density at radius 2 is 2.12 bits per heavy atom. The monoisotopic (exact) mass is 259 g/mol. The molecule has 94 valence electrons. The molecule has 1 atom stereocenters. The normalized spacial score (nSPS) is 12.8. The molecule has 1 aromatic carbocycles. The second kappa shape index (κ2) is 5.47. The second-order valence-electron chi connectivity index (χ2n) is 4.19. The smallest absolute Gasteiger partial charge is 0.312 e. The molecule has 1 unspecified atom stereocenters. The van der Waals surface area contributed by atoms with Gasteiger partial charge in [-0.3, -0.25) is 4.79 Å². The molecule has 0 aliphatic heterocycles. The molecule has 0 fully saturated rings. The van der Waals surface area contributed by atoms with Gasteiger partial charge in [0.1, 0.15) is 5.82 Å². The third kappa shape index (κ3) is 2.96. The first-order valence-corrected chi connectivity index (χ1v) is 5.68. The molecule has 0 aromatic heterocycles. The van der Waals surface area contributed by atoms with Gasteiger partial charge < -0.3 is 10.8 Å². The zero-order valence-corrected chi connectivity index (χ0v) is 10.5. The minimum Gasteiger partial charge on any atom is -0.481 e. The number of rotatable bonds is 4. The maximum absolute atomic E-state index is 13.8. The van der Waals surface area contributed by atoms with Crippen LogP contribution in [0.2, 0.25) is 5.02 Å². The lowest BCUT2D eigenvalue weighted by molar-refractivity contribution is -0.138. The number of benzene rings is 1. The van der Waals surface area contributed by atoms with Crippen LogP contribution in [0, 0.1) is 5.82 Å². The Balaban J connectivity index is 3.35. The highest BCUT2D eigenvalue weighted by Crippen LogP contribution is 2.29. The number of carboxylic acid groups (broad SMARTS) is 1. The molecule has 0 aliphatic rings. The van der Waals surface area contributed by atoms with Crippen LogP contribution in [0.5, 0.6) is 0 Å². The minimum absolute atomic E-state index is 0.0520. The Morgan fingerprint density at radius 3 is 2.53 bits per heavy atom. The van der Waals surface area contributed by atoms with Crippen molar-refractivity contribution in [1.82, 2.24) is 0 Å². The topological polar surface area (TPSA) is 63.3 Å². The van der Waals surface area contributed by atoms with Crippen molar-refractivity contribution >= 4 is 17.6 Å². The highest BCUT2D eigenvalue weighted by atomic mass is 35.5. The molecule has 0 aliphatic carbocycles. The molecule has 0 heterocycles. The van der Waals surface area contributed by atoms with Crippen LogP contribution in [0.25, 0.3) is 0 Å². The van der Waals surface area contributed by atoms with Gasteiger partial charge in [0.25, 0.3) is 0 Å². The fourth-order valence-electron chi connectivity index (χ4n) is 1.58. The van der Waals surface area contributed by atoms with Crippen LogP contribution in [-0.4, -0.2) is 17.6 Å². The minimum atomic E-state index is -1.15. The van der Waals surface area contributed by atoms with E-state index >= 15 is 0 Å². The van der Waals surface area contributed by atoms with Crippen molar-refractivity contribution in [2.45, 2.75) is 25.7 Å². The van der Waals surface area contributed by atoms with Crippen molar-refractivity contribution in [3.05, 3.63) is 34.1 Å². The average molecular weight is 260 g/mol. The van der Waals surface area contributed by atoms with Gasteiger partial charge in [-0.1, -0.05) is 31.5 Å². The van der Waals surface area contributed by atoms with E-state index in [1.807, 2.05) is 13.8 Å². The standard InChI is InChI=1S/C12H15ClFNO2/c1-6(2)7-3-8(9(5-15)12(16)17)11(14)10(13)4-7/h3-4,6,9H,5,15H2,1-2H3,(H,16,17). The molecule has 0 bridgehead atoms. The molecule has 3 N–H and O–H groups in total. The van der Waals surface area contributed by atoms with Crippen molar-refractivity contribution in [2.24, 2.45) is 5.73 Å². The van der Waals surface area contributed by atoms with E-state index in [-0.39, 0.29) is 23.0 Å². The van der Waals surface area contributed by atoms with Crippen LogP contribution in [-0.2, 0) is 4.79 Å². The first-order chi connectivity index (χ1) is 7.88. The maximum Gasteiger partial charge on any atom is 0.312 e. The van der Waals surface area contributed by atoms with Crippen molar-refractivity contribution in [3.8, 4) is 0 Å². The summed E-state index contributed by atoms with van der Waals surface area (Å²) in [5.74, 6) is -2.78. The van der Waals surface area contributed by atoms with Gasteiger partial charge in [-0.15, -0.1) is 0 Å². The van der Waals surface area contributed by atoms with Crippen LogP contribution < -0.4 is 5.73 Å². The lowest BCUT2D eigenvalue weighted by atomic mass is 9.93. The van der Waals surface area contributed by atoms with Gasteiger partial charge in [0.05, 0.1) is 10.9 Å². The number of carbonyl (C=O) groups is 1. The van der Waals surface area contributed by atoms with E-state index in [0.717, 1.165) is 5.56 Å². The van der Waals surface area contributed by atoms with Crippen molar-refractivity contribution in [3.63, 3.8) is 0 Å². The van der Waals surface area contributed by atoms with E-state index < -0.39 is 17.7 Å². The fourth-order valence-corrected chi connectivity index (χ4v) is 1.81. The summed E-state index contributed by atoms with van der Waals surface area (Å²) in [5, 5.41) is 8.92. The molecule has 0 amide bonds. The van der Waals surface area contributed by atoms with Crippen LogP contribution in [0.1, 0.15) is 36.8 Å². The van der Waals surface area contributed by atoms with Crippen LogP contribution in [0.3, 0.4) is 0 Å². The first-order valence-electron chi connectivity index (χ1n) is 5.30. The third-order valence-electron chi connectivity index (χ3n) is 2.65. The summed E-state index contributed by atoms with van der Waals surface area (Å²) < 4.78 is 13.8. The van der Waals surface area contributed by atoms with Crippen LogP contribution >= 0.6 is 11.6 Å². The van der Waals surface area contributed by atoms with E-state index in [9.17, 15) is 9.18 Å². The number of hydrogen-bond acceptors (Lipinski definition) is 2. The van der Waals surface area contributed by atoms with Gasteiger partial charge >= 0.3 is 5.97 Å². The van der Waals surface area contributed by atoms with Crippen molar-refractivity contribution in [1.29, 1.82) is 0 Å². The summed E-state index contributed by atoms with van der Waals surface area (Å²) in [6.07, 6.45) is 0. The van der Waals surface area contributed by atoms with Gasteiger partial charge in [0.15, 0.2) is 0 Å². The zero-order valence-electron chi connectivity index (χ0n) is 9.71. The molecule has 0 spiro atoms. The molecule has 1 aromatic rings. The fraction of sp³-hybridized carbons (Fsp3) is 0.417. The van der Waals surface area contributed by atoms with Gasteiger partial charge in [-0.2, -0.15) is 0 Å². The lowest BCUT2D eigenvalue weighted by Gasteiger charge is -2.15. The Hall–Kier alpha value is -1.13. The quantitative estimate of drug-likeness (QED) is 0.874. The average Bonchev–Trinajstić information content (AvgIpc) is 2.24. The van der Waals surface area contributed by atoms with Gasteiger partial charge in [-0.05, 0) is 17.5 Å². The van der Waals surface area contributed by atoms with E-state index in [1.54, 1.807) is 0 Å². The zero-order chi connectivity index (χ0) is 13.2. The third-order valence-corrected chi connectivity index (χ3v) is 2.93. The summed E-state index contributed by atoms with van der Waals surface area (Å²) in [6, 6.07) is 3.04. The summed E-state index contributed by atoms with van der Waals surface area (Å²) in [6.45, 7) is 3.68. The van der Waals surface area contributed by atoms with Gasteiger partial charge in [0, 0.05) is 12.1 Å². The number of halogens is 2. The Labute approximate surface area is 104 Å². The Kier molecular flexibility index (Phi) is 4.48. The summed E-state index contributed by atoms with van der Waals surface area (Å²) in [4.78, 5) is 11.0. The van der Waals surface area contributed by atoms with E-state index in [0.29, 0.717) is 0 Å². The van der Waals surface area contributed by atoms with E-state index in [4.69, 9.17) is 22.4 Å². The summed E-state index contributed by atoms with van der Waals surface area (Å²) in [5.41, 5.74) is 6.21. The number of nitrogens with two attached hydrogens (primary N) is 1. The van der Waals surface area contributed by atoms with E-state index in [1.165, 1.54) is 12.1 Å². The van der Waals surface area contributed by atoms with Crippen LogP contribution in [0.15, 0.2) is 12.1 Å². The summed E-state index contributed by atoms with van der Waals surface area (Å²) >= 11 is 5.76. The predicted octanol–water partition coefficient (Wildman–Crippen LogP) is 2.73. The molecule has 0 saturated heterocycles. The van der Waals surface area contributed by atoms with E-state index in [2.05, 4.69) is 0 Å². The highest BCUT2D eigenvalue weighted by Gasteiger charge is 2.24. The Bertz CT molecular complexity index is 435. The van der Waals surface area contributed by atoms with Gasteiger partial charge in [-0.25, -0.2) is 4.39 Å². The second-order valence-corrected chi connectivity index (χ2v) is 4.59. The lowest BCUT2D eigenvalue weighted by Crippen LogP contribution is -2.22. The Morgan fingerprint density at radius 1 is 1.53 bits per heavy atom. The molecule has 0 radical (unpaired) electrons. The molecule has 0 saturated carbocycles. The van der Waals surface area contributed by atoms with Gasteiger partial charge in [0.2, 0.25) is 0 Å². The molecular formula is C12H15ClFNO2. The van der Waals surface area contributed by atoms with Crippen molar-refractivity contribution < 1.29 is 14.3 Å². The molecular weight excluding hydrogens is 245 g/mol. The maximum atomic E-state index is 13.8. The first kappa shape index (κ1) is 13.9. The predicted molar refractivity (Wildman–Crippen MR) is 64.9 cm³/mol. The molecule has 1 rings (SSSR count). The molecule has 5 heteroatoms. The van der Waals surface area contributed by atoms with Crippen molar-refractivity contribution in [2.75, 3.05) is 6.54 Å². The number of hydrogen-bond donors (Lipinski definition) is 2. The number of aliphatic carboxylic acids is 1. The molecule has 3 nitrogen and oxygen atoms in total.